The van der Waals surface area contributed by atoms with Crippen LogP contribution in [0.3, 0.4) is 0 Å². The Balaban J connectivity index is 1.77. The van der Waals surface area contributed by atoms with Crippen molar-refractivity contribution in [3.8, 4) is 17.2 Å². The third kappa shape index (κ3) is 8.01. The molecule has 0 saturated heterocycles. The molecule has 0 bridgehead atoms. The SMILES string of the molecule is COc1ccc(S(=O)(=O)N(CC(=O)N(Cc2ccc(C)cc2)[C@@H](C)C(=O)NC2CCCC2)c2cc(Cl)ccc2OC)cc1OC. The Morgan fingerprint density at radius 3 is 2.16 bits per heavy atom. The molecule has 0 radical (unpaired) electrons. The zero-order valence-corrected chi connectivity index (χ0v) is 27.8. The molecule has 0 spiro atoms. The molecule has 1 aliphatic carbocycles. The third-order valence-electron chi connectivity index (χ3n) is 7.97. The number of ether oxygens (including phenoxy) is 3. The van der Waals surface area contributed by atoms with Gasteiger partial charge in [-0.2, -0.15) is 0 Å². The molecule has 1 fully saturated rings. The first-order valence-corrected chi connectivity index (χ1v) is 16.5. The Labute approximate surface area is 270 Å². The summed E-state index contributed by atoms with van der Waals surface area (Å²) >= 11 is 6.33. The van der Waals surface area contributed by atoms with Crippen molar-refractivity contribution < 1.29 is 32.2 Å². The van der Waals surface area contributed by atoms with Gasteiger partial charge in [-0.25, -0.2) is 8.42 Å². The molecule has 1 aliphatic rings. The fourth-order valence-electron chi connectivity index (χ4n) is 5.34. The predicted octanol–water partition coefficient (Wildman–Crippen LogP) is 5.35. The van der Waals surface area contributed by atoms with Crippen molar-refractivity contribution in [1.29, 1.82) is 0 Å². The molecular weight excluding hydrogens is 618 g/mol. The molecule has 10 nitrogen and oxygen atoms in total. The van der Waals surface area contributed by atoms with E-state index in [1.807, 2.05) is 31.2 Å². The number of hydrogen-bond acceptors (Lipinski definition) is 7. The van der Waals surface area contributed by atoms with Crippen molar-refractivity contribution in [2.45, 2.75) is 63.1 Å². The second kappa shape index (κ2) is 14.9. The van der Waals surface area contributed by atoms with E-state index in [1.165, 1.54) is 56.6 Å². The molecule has 3 aromatic rings. The first-order chi connectivity index (χ1) is 21.5. The van der Waals surface area contributed by atoms with Crippen molar-refractivity contribution in [2.24, 2.45) is 0 Å². The van der Waals surface area contributed by atoms with E-state index < -0.39 is 28.5 Å². The van der Waals surface area contributed by atoms with E-state index in [-0.39, 0.29) is 45.6 Å². The molecule has 0 aromatic heterocycles. The summed E-state index contributed by atoms with van der Waals surface area (Å²) in [7, 11) is -0.180. The van der Waals surface area contributed by atoms with Gasteiger partial charge in [0.15, 0.2) is 11.5 Å². The number of methoxy groups -OCH3 is 3. The minimum Gasteiger partial charge on any atom is -0.495 e. The highest BCUT2D eigenvalue weighted by molar-refractivity contribution is 7.92. The largest absolute Gasteiger partial charge is 0.495 e. The maximum absolute atomic E-state index is 14.3. The van der Waals surface area contributed by atoms with E-state index in [2.05, 4.69) is 5.32 Å². The lowest BCUT2D eigenvalue weighted by molar-refractivity contribution is -0.139. The van der Waals surface area contributed by atoms with Gasteiger partial charge in [0.1, 0.15) is 18.3 Å². The van der Waals surface area contributed by atoms with Gasteiger partial charge in [-0.05, 0) is 62.6 Å². The number of anilines is 1. The van der Waals surface area contributed by atoms with Crippen molar-refractivity contribution in [1.82, 2.24) is 10.2 Å². The van der Waals surface area contributed by atoms with Gasteiger partial charge in [-0.1, -0.05) is 54.3 Å². The maximum atomic E-state index is 14.3. The van der Waals surface area contributed by atoms with E-state index in [0.29, 0.717) is 5.75 Å². The first kappa shape index (κ1) is 33.9. The van der Waals surface area contributed by atoms with Crippen LogP contribution in [0.25, 0.3) is 0 Å². The highest BCUT2D eigenvalue weighted by atomic mass is 35.5. The molecule has 1 saturated carbocycles. The lowest BCUT2D eigenvalue weighted by Gasteiger charge is -2.33. The van der Waals surface area contributed by atoms with Crippen LogP contribution in [0.5, 0.6) is 17.2 Å². The van der Waals surface area contributed by atoms with Gasteiger partial charge in [-0.3, -0.25) is 13.9 Å². The fraction of sp³-hybridized carbons (Fsp3) is 0.394. The van der Waals surface area contributed by atoms with E-state index in [4.69, 9.17) is 25.8 Å². The maximum Gasteiger partial charge on any atom is 0.265 e. The van der Waals surface area contributed by atoms with Crippen LogP contribution in [0.2, 0.25) is 5.02 Å². The van der Waals surface area contributed by atoms with Crippen LogP contribution in [0.1, 0.15) is 43.7 Å². The lowest BCUT2D eigenvalue weighted by atomic mass is 10.1. The summed E-state index contributed by atoms with van der Waals surface area (Å²) in [6.45, 7) is 3.07. The van der Waals surface area contributed by atoms with Crippen molar-refractivity contribution >= 4 is 39.1 Å². The summed E-state index contributed by atoms with van der Waals surface area (Å²) in [5, 5.41) is 3.31. The van der Waals surface area contributed by atoms with Gasteiger partial charge in [0.25, 0.3) is 10.0 Å². The number of amides is 2. The zero-order valence-electron chi connectivity index (χ0n) is 26.2. The van der Waals surface area contributed by atoms with Crippen LogP contribution in [0, 0.1) is 6.92 Å². The molecule has 12 heteroatoms. The molecule has 1 atom stereocenters. The zero-order chi connectivity index (χ0) is 32.7. The molecule has 1 N–H and O–H groups in total. The minimum atomic E-state index is -4.42. The van der Waals surface area contributed by atoms with Crippen LogP contribution in [0.4, 0.5) is 5.69 Å². The number of aryl methyl sites for hydroxylation is 1. The molecule has 3 aromatic carbocycles. The van der Waals surface area contributed by atoms with E-state index in [9.17, 15) is 18.0 Å². The molecule has 0 heterocycles. The number of carbonyl (C=O) groups excluding carboxylic acids is 2. The summed E-state index contributed by atoms with van der Waals surface area (Å²) in [6.07, 6.45) is 3.85. The molecule has 242 valence electrons. The Morgan fingerprint density at radius 1 is 0.911 bits per heavy atom. The highest BCUT2D eigenvalue weighted by Crippen LogP contribution is 2.37. The molecule has 0 aliphatic heterocycles. The highest BCUT2D eigenvalue weighted by Gasteiger charge is 2.35. The smallest absolute Gasteiger partial charge is 0.265 e. The molecule has 45 heavy (non-hydrogen) atoms. The van der Waals surface area contributed by atoms with Gasteiger partial charge in [0, 0.05) is 23.7 Å². The molecule has 4 rings (SSSR count). The molecule has 0 unspecified atom stereocenters. The quantitative estimate of drug-likeness (QED) is 0.264. The van der Waals surface area contributed by atoms with Crippen LogP contribution in [-0.2, 0) is 26.2 Å². The summed E-state index contributed by atoms with van der Waals surface area (Å²) in [5.74, 6) is -0.159. The second-order valence-electron chi connectivity index (χ2n) is 11.0. The average Bonchev–Trinajstić information content (AvgIpc) is 3.55. The van der Waals surface area contributed by atoms with E-state index >= 15 is 0 Å². The van der Waals surface area contributed by atoms with Gasteiger partial charge < -0.3 is 24.4 Å². The standard InChI is InChI=1S/C33H40ClN3O7S/c1-22-10-12-24(13-11-22)20-36(23(2)33(39)35-26-8-6-7-9-26)32(38)21-37(28-18-25(34)14-16-29(28)42-3)45(40,41)27-15-17-30(43-4)31(19-27)44-5/h10-19,23,26H,6-9,20-21H2,1-5H3,(H,35,39)/t23-/m0/s1. The number of nitrogens with zero attached hydrogens (tertiary/aromatic N) is 2. The number of nitrogens with one attached hydrogen (secondary N) is 1. The third-order valence-corrected chi connectivity index (χ3v) is 9.96. The van der Waals surface area contributed by atoms with Crippen molar-refractivity contribution in [3.05, 3.63) is 76.8 Å². The van der Waals surface area contributed by atoms with Crippen LogP contribution in [0.15, 0.2) is 65.6 Å². The van der Waals surface area contributed by atoms with E-state index in [1.54, 1.807) is 13.0 Å². The average molecular weight is 658 g/mol. The number of hydrogen-bond donors (Lipinski definition) is 1. The van der Waals surface area contributed by atoms with Crippen molar-refractivity contribution in [3.63, 3.8) is 0 Å². The monoisotopic (exact) mass is 657 g/mol. The Kier molecular flexibility index (Phi) is 11.2. The molecular formula is C33H40ClN3O7S. The normalized spacial score (nSPS) is 14.0. The number of carbonyl (C=O) groups is 2. The van der Waals surface area contributed by atoms with Crippen LogP contribution < -0.4 is 23.8 Å². The Morgan fingerprint density at radius 2 is 1.53 bits per heavy atom. The van der Waals surface area contributed by atoms with Gasteiger partial charge in [-0.15, -0.1) is 0 Å². The Hall–Kier alpha value is -3.96. The Bertz CT molecular complexity index is 1610. The fourth-order valence-corrected chi connectivity index (χ4v) is 6.94. The molecule has 2 amide bonds. The topological polar surface area (TPSA) is 114 Å². The van der Waals surface area contributed by atoms with Crippen LogP contribution >= 0.6 is 11.6 Å². The minimum absolute atomic E-state index is 0.0499. The summed E-state index contributed by atoms with van der Waals surface area (Å²) in [4.78, 5) is 29.0. The number of benzene rings is 3. The number of sulfonamides is 1. The van der Waals surface area contributed by atoms with Gasteiger partial charge in [0.05, 0.1) is 31.9 Å². The second-order valence-corrected chi connectivity index (χ2v) is 13.3. The summed E-state index contributed by atoms with van der Waals surface area (Å²) < 4.78 is 45.8. The van der Waals surface area contributed by atoms with Gasteiger partial charge >= 0.3 is 0 Å². The van der Waals surface area contributed by atoms with Crippen LogP contribution in [-0.4, -0.2) is 65.1 Å². The van der Waals surface area contributed by atoms with Gasteiger partial charge in [0.2, 0.25) is 11.8 Å². The number of halogens is 1. The number of rotatable bonds is 13. The first-order valence-electron chi connectivity index (χ1n) is 14.7. The lowest BCUT2D eigenvalue weighted by Crippen LogP contribution is -2.52. The van der Waals surface area contributed by atoms with Crippen molar-refractivity contribution in [2.75, 3.05) is 32.2 Å². The predicted molar refractivity (Wildman–Crippen MR) is 174 cm³/mol. The summed E-state index contributed by atoms with van der Waals surface area (Å²) in [5.41, 5.74) is 1.90. The van der Waals surface area contributed by atoms with E-state index in [0.717, 1.165) is 41.1 Å². The summed E-state index contributed by atoms with van der Waals surface area (Å²) in [6, 6.07) is 15.5.